The minimum Gasteiger partial charge on any atom is -0.265 e. The summed E-state index contributed by atoms with van der Waals surface area (Å²) in [5.41, 5.74) is 0.541. The molecular weight excluding hydrogens is 172 g/mol. The number of carbonyl (C=O) groups excluding carboxylic acids is 2. The molecular formula is C7H3N4O2. The van der Waals surface area contributed by atoms with Crippen LogP contribution in [0.15, 0.2) is 44.0 Å². The van der Waals surface area contributed by atoms with Crippen molar-refractivity contribution in [2.24, 2.45) is 20.5 Å². The number of hydrogen-bond acceptors (Lipinski definition) is 4. The van der Waals surface area contributed by atoms with E-state index in [1.165, 1.54) is 18.8 Å². The third kappa shape index (κ3) is 1.33. The van der Waals surface area contributed by atoms with Gasteiger partial charge in [0, 0.05) is 17.6 Å². The van der Waals surface area contributed by atoms with E-state index in [0.717, 1.165) is 0 Å². The van der Waals surface area contributed by atoms with Gasteiger partial charge in [0.05, 0.1) is 12.4 Å². The lowest BCUT2D eigenvalue weighted by molar-refractivity contribution is -0.114. The minimum atomic E-state index is -0.458. The van der Waals surface area contributed by atoms with Gasteiger partial charge in [0.2, 0.25) is 0 Å². The van der Waals surface area contributed by atoms with Crippen molar-refractivity contribution in [1.82, 2.24) is 0 Å². The van der Waals surface area contributed by atoms with Crippen LogP contribution in [0.25, 0.3) is 0 Å². The van der Waals surface area contributed by atoms with E-state index in [0.29, 0.717) is 0 Å². The van der Waals surface area contributed by atoms with Crippen LogP contribution >= 0.6 is 0 Å². The van der Waals surface area contributed by atoms with Crippen LogP contribution in [0.2, 0.25) is 0 Å². The lowest BCUT2D eigenvalue weighted by atomic mass is 10.1. The summed E-state index contributed by atoms with van der Waals surface area (Å²) < 4.78 is 0. The van der Waals surface area contributed by atoms with Crippen LogP contribution in [0.1, 0.15) is 0 Å². The predicted octanol–water partition coefficient (Wildman–Crippen LogP) is 0.943. The summed E-state index contributed by atoms with van der Waals surface area (Å²) in [6.45, 7) is 0. The van der Waals surface area contributed by atoms with Gasteiger partial charge in [0.15, 0.2) is 0 Å². The average Bonchev–Trinajstić information content (AvgIpc) is 2.65. The number of amides is 2. The van der Waals surface area contributed by atoms with Gasteiger partial charge in [-0.25, -0.2) is 0 Å². The Balaban J connectivity index is 2.09. The Morgan fingerprint density at radius 1 is 0.923 bits per heavy atom. The van der Waals surface area contributed by atoms with Gasteiger partial charge < -0.3 is 0 Å². The molecule has 2 aliphatic rings. The molecule has 0 aromatic heterocycles. The Morgan fingerprint density at radius 3 is 1.69 bits per heavy atom. The van der Waals surface area contributed by atoms with Crippen LogP contribution in [0, 0.1) is 6.42 Å². The van der Waals surface area contributed by atoms with Crippen LogP contribution in [0.5, 0.6) is 0 Å². The van der Waals surface area contributed by atoms with Gasteiger partial charge in [0.1, 0.15) is 0 Å². The van der Waals surface area contributed by atoms with Crippen LogP contribution in [-0.4, -0.2) is 11.8 Å². The zero-order valence-corrected chi connectivity index (χ0v) is 6.34. The highest BCUT2D eigenvalue weighted by Crippen LogP contribution is 2.19. The van der Waals surface area contributed by atoms with Crippen LogP contribution in [0.4, 0.5) is 0 Å². The number of azo groups is 2. The smallest absolute Gasteiger partial charge is 0.265 e. The lowest BCUT2D eigenvalue weighted by Crippen LogP contribution is -2.01. The van der Waals surface area contributed by atoms with Crippen molar-refractivity contribution in [3.05, 3.63) is 30.0 Å². The van der Waals surface area contributed by atoms with Gasteiger partial charge >= 0.3 is 0 Å². The first-order chi connectivity index (χ1) is 6.27. The summed E-state index contributed by atoms with van der Waals surface area (Å²) in [6, 6.07) is 0. The van der Waals surface area contributed by atoms with E-state index < -0.39 is 11.8 Å². The number of hydrogen-bond donors (Lipinski definition) is 0. The highest BCUT2D eigenvalue weighted by Gasteiger charge is 2.21. The molecule has 0 aromatic carbocycles. The van der Waals surface area contributed by atoms with Crippen molar-refractivity contribution in [3.63, 3.8) is 0 Å². The molecule has 0 N–H and O–H groups in total. The van der Waals surface area contributed by atoms with Gasteiger partial charge in [-0.1, -0.05) is 0 Å². The molecule has 1 radical (unpaired) electrons. The molecule has 0 saturated carbocycles. The molecule has 63 valence electrons. The number of rotatable bonds is 2. The fraction of sp³-hybridized carbons (Fsp3) is 0. The van der Waals surface area contributed by atoms with E-state index in [9.17, 15) is 9.59 Å². The predicted molar refractivity (Wildman–Crippen MR) is 40.2 cm³/mol. The maximum Gasteiger partial charge on any atom is 0.293 e. The highest BCUT2D eigenvalue weighted by atomic mass is 16.2. The first-order valence-corrected chi connectivity index (χ1v) is 3.43. The second kappa shape index (κ2) is 2.81. The molecule has 6 nitrogen and oxygen atoms in total. The summed E-state index contributed by atoms with van der Waals surface area (Å²) in [7, 11) is 0. The molecule has 2 heterocycles. The van der Waals surface area contributed by atoms with Gasteiger partial charge in [-0.15, -0.1) is 10.2 Å². The Morgan fingerprint density at radius 2 is 1.38 bits per heavy atom. The van der Waals surface area contributed by atoms with E-state index >= 15 is 0 Å². The molecule has 0 fully saturated rings. The first-order valence-electron chi connectivity index (χ1n) is 3.43. The summed E-state index contributed by atoms with van der Waals surface area (Å²) in [5.74, 6) is -0.916. The van der Waals surface area contributed by atoms with E-state index in [1.54, 1.807) is 0 Å². The van der Waals surface area contributed by atoms with Crippen LogP contribution in [-0.2, 0) is 9.59 Å². The van der Waals surface area contributed by atoms with Crippen molar-refractivity contribution < 1.29 is 9.59 Å². The maximum absolute atomic E-state index is 10.9. The summed E-state index contributed by atoms with van der Waals surface area (Å²) >= 11 is 0. The zero-order valence-electron chi connectivity index (χ0n) is 6.34. The van der Waals surface area contributed by atoms with Crippen LogP contribution < -0.4 is 0 Å². The summed E-state index contributed by atoms with van der Waals surface area (Å²) in [4.78, 5) is 21.8. The molecule has 13 heavy (non-hydrogen) atoms. The molecule has 0 bridgehead atoms. The normalized spacial score (nSPS) is 19.7. The molecule has 0 aliphatic carbocycles. The molecule has 6 heteroatoms. The topological polar surface area (TPSA) is 83.6 Å². The van der Waals surface area contributed by atoms with Gasteiger partial charge in [-0.2, -0.15) is 10.2 Å². The molecule has 0 unspecified atom stereocenters. The lowest BCUT2D eigenvalue weighted by Gasteiger charge is -1.94. The summed E-state index contributed by atoms with van der Waals surface area (Å²) in [6.07, 6.45) is 3.94. The minimum absolute atomic E-state index is 0.270. The van der Waals surface area contributed by atoms with Crippen LogP contribution in [0.3, 0.4) is 0 Å². The number of carbonyl (C=O) groups is 2. The Bertz CT molecular complexity index is 365. The van der Waals surface area contributed by atoms with E-state index in [4.69, 9.17) is 0 Å². The van der Waals surface area contributed by atoms with Crippen molar-refractivity contribution in [3.8, 4) is 0 Å². The Kier molecular flexibility index (Phi) is 1.66. The van der Waals surface area contributed by atoms with Gasteiger partial charge in [-0.05, 0) is 0 Å². The van der Waals surface area contributed by atoms with Gasteiger partial charge in [-0.3, -0.25) is 9.59 Å². The van der Waals surface area contributed by atoms with Gasteiger partial charge in [0.25, 0.3) is 11.8 Å². The fourth-order valence-corrected chi connectivity index (χ4v) is 0.878. The second-order valence-electron chi connectivity index (χ2n) is 2.35. The SMILES string of the molecule is O=C1N=NC=C1[CH]C1=CN=NC1=O. The Labute approximate surface area is 72.8 Å². The van der Waals surface area contributed by atoms with E-state index in [2.05, 4.69) is 20.5 Å². The molecule has 2 rings (SSSR count). The highest BCUT2D eigenvalue weighted by molar-refractivity contribution is 6.04. The molecule has 0 saturated heterocycles. The standard InChI is InChI=1S/C7H3N4O2/c12-6-4(2-8-10-6)1-5-3-9-11-7(5)13/h1-3H. The molecule has 2 amide bonds. The molecule has 0 atom stereocenters. The quantitative estimate of drug-likeness (QED) is 0.625. The Hall–Kier alpha value is -1.98. The zero-order chi connectivity index (χ0) is 9.26. The average molecular weight is 175 g/mol. The number of nitrogens with zero attached hydrogens (tertiary/aromatic N) is 4. The largest absolute Gasteiger partial charge is 0.293 e. The van der Waals surface area contributed by atoms with E-state index in [1.807, 2.05) is 0 Å². The monoisotopic (exact) mass is 175 g/mol. The van der Waals surface area contributed by atoms with Crippen molar-refractivity contribution in [1.29, 1.82) is 0 Å². The second-order valence-corrected chi connectivity index (χ2v) is 2.35. The molecule has 2 aliphatic heterocycles. The third-order valence-electron chi connectivity index (χ3n) is 1.50. The fourth-order valence-electron chi connectivity index (χ4n) is 0.878. The van der Waals surface area contributed by atoms with Crippen molar-refractivity contribution in [2.45, 2.75) is 0 Å². The molecule has 0 aromatic rings. The maximum atomic E-state index is 10.9. The third-order valence-corrected chi connectivity index (χ3v) is 1.50. The summed E-state index contributed by atoms with van der Waals surface area (Å²) in [5, 5.41) is 13.3. The molecule has 0 spiro atoms. The van der Waals surface area contributed by atoms with Crippen molar-refractivity contribution in [2.75, 3.05) is 0 Å². The van der Waals surface area contributed by atoms with E-state index in [-0.39, 0.29) is 11.1 Å². The first kappa shape index (κ1) is 7.66. The van der Waals surface area contributed by atoms with Crippen molar-refractivity contribution >= 4 is 11.8 Å².